The summed E-state index contributed by atoms with van der Waals surface area (Å²) in [6.45, 7) is 7.26. The summed E-state index contributed by atoms with van der Waals surface area (Å²) in [5, 5.41) is 42.1. The van der Waals surface area contributed by atoms with Crippen molar-refractivity contribution in [3.8, 4) is 11.8 Å². The second kappa shape index (κ2) is 14.6. The Balaban J connectivity index is 1.33. The summed E-state index contributed by atoms with van der Waals surface area (Å²) in [5.74, 6) is 6.52. The van der Waals surface area contributed by atoms with E-state index in [2.05, 4.69) is 46.6 Å². The molecule has 0 amide bonds. The normalized spacial score (nSPS) is 41.0. The molecule has 4 rings (SSSR count). The van der Waals surface area contributed by atoms with Crippen molar-refractivity contribution in [1.29, 1.82) is 0 Å². The van der Waals surface area contributed by atoms with E-state index in [0.717, 1.165) is 90.4 Å². The summed E-state index contributed by atoms with van der Waals surface area (Å²) in [7, 11) is 0. The van der Waals surface area contributed by atoms with Gasteiger partial charge in [0.25, 0.3) is 0 Å². The van der Waals surface area contributed by atoms with Gasteiger partial charge in [0.1, 0.15) is 12.6 Å². The third-order valence-corrected chi connectivity index (χ3v) is 9.88. The number of quaternary nitrogens is 1. The number of hydrogen-bond acceptors (Lipinski definition) is 7. The number of nitrogens with zero attached hydrogens (tertiary/aromatic N) is 1. The minimum Gasteiger partial charge on any atom is -0.481 e. The number of nitrogens with one attached hydrogen (secondary N) is 4. The van der Waals surface area contributed by atoms with Crippen LogP contribution in [-0.4, -0.2) is 95.2 Å². The van der Waals surface area contributed by atoms with Gasteiger partial charge in [-0.1, -0.05) is 31.6 Å². The molecule has 2 fully saturated rings. The van der Waals surface area contributed by atoms with Crippen molar-refractivity contribution >= 4 is 12.2 Å². The second-order valence-corrected chi connectivity index (χ2v) is 13.4. The number of unbranched alkanes of at least 4 members (excludes halogenated alkanes) is 1. The highest BCUT2D eigenvalue weighted by Gasteiger charge is 2.40. The molecule has 0 radical (unpaired) electrons. The summed E-state index contributed by atoms with van der Waals surface area (Å²) in [6.07, 6.45) is 12.7. The van der Waals surface area contributed by atoms with Gasteiger partial charge in [-0.2, -0.15) is 0 Å². The first-order valence-electron chi connectivity index (χ1n) is 15.8. The Morgan fingerprint density at radius 3 is 2.83 bits per heavy atom. The van der Waals surface area contributed by atoms with Gasteiger partial charge in [-0.05, 0) is 58.9 Å². The van der Waals surface area contributed by atoms with Crippen LogP contribution in [0.25, 0.3) is 0 Å². The molecule has 7 N–H and O–H groups in total. The SMILES string of the molecule is CC1NC(CCCCC2C#CCC3CC(C)(CCN3)NCC(O)(CC(=O)O)CCCC2)C([NH+]2CC=NC2)CC1O. The van der Waals surface area contributed by atoms with E-state index in [-0.39, 0.29) is 24.1 Å². The topological polar surface area (TPSA) is 131 Å². The monoisotopic (exact) mass is 560 g/mol. The zero-order valence-electron chi connectivity index (χ0n) is 24.8. The molecule has 4 aliphatic rings. The number of carbonyl (C=O) groups is 1. The van der Waals surface area contributed by atoms with Gasteiger partial charge in [-0.25, -0.2) is 4.99 Å². The van der Waals surface area contributed by atoms with Crippen molar-refractivity contribution in [3.05, 3.63) is 0 Å². The van der Waals surface area contributed by atoms with Gasteiger partial charge in [0.2, 0.25) is 0 Å². The van der Waals surface area contributed by atoms with Gasteiger partial charge >= 0.3 is 5.97 Å². The standard InChI is InChI=1S/C31H53N5O4/c1-23-28(37)18-27(36-17-16-32-22-36)26(35-23)12-4-3-8-24-9-5-6-13-31(40,20-29(38)39)21-34-30(2)14-15-33-25(19-30)11-7-10-24/h16,23-28,33-35,37,40H,3-6,8-9,11-15,17-22H2,1-2H3,(H,38,39)/p+1. The number of β-amino-alcohol motifs (C(OH)–C–C–N with tert-alkyl or cyclic N) is 1. The molecule has 226 valence electrons. The number of hydrogen-bond donors (Lipinski definition) is 7. The molecule has 40 heavy (non-hydrogen) atoms. The van der Waals surface area contributed by atoms with E-state index in [4.69, 9.17) is 0 Å². The Hall–Kier alpha value is -1.54. The molecule has 0 aliphatic carbocycles. The van der Waals surface area contributed by atoms with Crippen LogP contribution in [0.5, 0.6) is 0 Å². The lowest BCUT2D eigenvalue weighted by Crippen LogP contribution is -3.16. The third-order valence-electron chi connectivity index (χ3n) is 9.88. The maximum atomic E-state index is 11.5. The van der Waals surface area contributed by atoms with Crippen molar-refractivity contribution in [2.75, 3.05) is 26.3 Å². The van der Waals surface area contributed by atoms with Crippen molar-refractivity contribution in [2.45, 2.75) is 139 Å². The number of carboxylic acid groups (broad SMARTS) is 1. The van der Waals surface area contributed by atoms with Crippen LogP contribution in [0.15, 0.2) is 4.99 Å². The molecular formula is C31H54N5O4+. The first kappa shape index (κ1) is 31.4. The highest BCUT2D eigenvalue weighted by Crippen LogP contribution is 2.27. The maximum absolute atomic E-state index is 11.5. The first-order chi connectivity index (χ1) is 19.1. The van der Waals surface area contributed by atoms with E-state index in [1.165, 1.54) is 4.90 Å². The average molecular weight is 561 g/mol. The quantitative estimate of drug-likeness (QED) is 0.173. The predicted octanol–water partition coefficient (Wildman–Crippen LogP) is 0.843. The lowest BCUT2D eigenvalue weighted by molar-refractivity contribution is -0.914. The van der Waals surface area contributed by atoms with E-state index >= 15 is 0 Å². The van der Waals surface area contributed by atoms with Gasteiger partial charge in [0.15, 0.2) is 6.67 Å². The van der Waals surface area contributed by atoms with Gasteiger partial charge in [0.05, 0.1) is 30.4 Å². The summed E-state index contributed by atoms with van der Waals surface area (Å²) < 4.78 is 0. The number of aliphatic hydroxyl groups is 2. The Bertz CT molecular complexity index is 913. The molecule has 9 unspecified atom stereocenters. The van der Waals surface area contributed by atoms with Crippen molar-refractivity contribution in [1.82, 2.24) is 16.0 Å². The molecule has 0 aromatic heterocycles. The minimum absolute atomic E-state index is 0.125. The van der Waals surface area contributed by atoms with E-state index in [1.807, 2.05) is 6.21 Å². The lowest BCUT2D eigenvalue weighted by Gasteiger charge is -2.41. The second-order valence-electron chi connectivity index (χ2n) is 13.4. The molecule has 9 atom stereocenters. The van der Waals surface area contributed by atoms with Gasteiger partial charge < -0.3 is 36.2 Å². The Labute approximate surface area is 241 Å². The van der Waals surface area contributed by atoms with E-state index in [1.54, 1.807) is 0 Å². The van der Waals surface area contributed by atoms with Gasteiger partial charge in [-0.3, -0.25) is 4.79 Å². The van der Waals surface area contributed by atoms with Crippen LogP contribution in [0.1, 0.15) is 97.3 Å². The smallest absolute Gasteiger partial charge is 0.306 e. The zero-order chi connectivity index (χ0) is 28.6. The number of aliphatic carboxylic acids is 1. The fourth-order valence-electron chi connectivity index (χ4n) is 7.31. The van der Waals surface area contributed by atoms with Gasteiger partial charge in [-0.15, -0.1) is 5.92 Å². The van der Waals surface area contributed by atoms with Crippen LogP contribution in [0.3, 0.4) is 0 Å². The highest BCUT2D eigenvalue weighted by atomic mass is 16.4. The fraction of sp³-hybridized carbons (Fsp3) is 0.871. The molecule has 0 saturated carbocycles. The van der Waals surface area contributed by atoms with Crippen molar-refractivity contribution < 1.29 is 25.0 Å². The average Bonchev–Trinajstić information content (AvgIpc) is 3.44. The summed E-state index contributed by atoms with van der Waals surface area (Å²) >= 11 is 0. The molecule has 0 aromatic carbocycles. The van der Waals surface area contributed by atoms with E-state index in [9.17, 15) is 20.1 Å². The molecule has 4 aliphatic heterocycles. The Morgan fingerprint density at radius 1 is 1.23 bits per heavy atom. The van der Waals surface area contributed by atoms with Crippen molar-refractivity contribution in [2.24, 2.45) is 10.9 Å². The van der Waals surface area contributed by atoms with Gasteiger partial charge in [0, 0.05) is 42.9 Å². The number of rotatable bonds is 8. The first-order valence-corrected chi connectivity index (χ1v) is 15.8. The summed E-state index contributed by atoms with van der Waals surface area (Å²) in [5.41, 5.74) is -1.35. The van der Waals surface area contributed by atoms with Crippen LogP contribution >= 0.6 is 0 Å². The van der Waals surface area contributed by atoms with E-state index in [0.29, 0.717) is 37.0 Å². The molecule has 0 spiro atoms. The van der Waals surface area contributed by atoms with E-state index < -0.39 is 11.6 Å². The summed E-state index contributed by atoms with van der Waals surface area (Å²) in [6, 6.07) is 1.23. The molecular weight excluding hydrogens is 506 g/mol. The molecule has 2 bridgehead atoms. The minimum atomic E-state index is -1.23. The number of fused-ring (bicyclic) bond motifs is 2. The van der Waals surface area contributed by atoms with Crippen molar-refractivity contribution in [3.63, 3.8) is 0 Å². The fourth-order valence-corrected chi connectivity index (χ4v) is 7.31. The number of piperidine rings is 2. The molecule has 9 heteroatoms. The largest absolute Gasteiger partial charge is 0.481 e. The molecule has 0 aromatic rings. The Morgan fingerprint density at radius 2 is 2.05 bits per heavy atom. The van der Waals surface area contributed by atoms with Crippen LogP contribution in [0.4, 0.5) is 0 Å². The Kier molecular flexibility index (Phi) is 11.4. The van der Waals surface area contributed by atoms with Crippen LogP contribution in [0, 0.1) is 17.8 Å². The van der Waals surface area contributed by atoms with Crippen LogP contribution in [0.2, 0.25) is 0 Å². The van der Waals surface area contributed by atoms with Crippen LogP contribution in [-0.2, 0) is 4.79 Å². The van der Waals surface area contributed by atoms with Crippen LogP contribution < -0.4 is 20.9 Å². The molecule has 4 heterocycles. The summed E-state index contributed by atoms with van der Waals surface area (Å²) in [4.78, 5) is 17.4. The zero-order valence-corrected chi connectivity index (χ0v) is 24.8. The predicted molar refractivity (Wildman–Crippen MR) is 157 cm³/mol. The third kappa shape index (κ3) is 9.23. The molecule has 2 saturated heterocycles. The highest BCUT2D eigenvalue weighted by molar-refractivity contribution is 5.68. The number of carboxylic acids is 1. The lowest BCUT2D eigenvalue weighted by atomic mass is 9.82. The number of aliphatic imine (C=N–C) groups is 1. The molecule has 9 nitrogen and oxygen atoms in total. The number of aliphatic hydroxyl groups excluding tert-OH is 1. The maximum Gasteiger partial charge on any atom is 0.306 e.